The monoisotopic (exact) mass is 392 g/mol. The van der Waals surface area contributed by atoms with Crippen molar-refractivity contribution in [2.24, 2.45) is 0 Å². The molecule has 1 aromatic heterocycles. The second-order valence-electron chi connectivity index (χ2n) is 7.04. The van der Waals surface area contributed by atoms with Crippen LogP contribution in [0.1, 0.15) is 24.0 Å². The van der Waals surface area contributed by atoms with Crippen LogP contribution in [0.15, 0.2) is 36.5 Å². The summed E-state index contributed by atoms with van der Waals surface area (Å²) < 4.78 is 17.9. The zero-order chi connectivity index (χ0) is 20.2. The quantitative estimate of drug-likeness (QED) is 0.573. The van der Waals surface area contributed by atoms with Crippen molar-refractivity contribution in [1.82, 2.24) is 9.78 Å². The van der Waals surface area contributed by atoms with Crippen molar-refractivity contribution in [3.05, 3.63) is 47.7 Å². The molecule has 0 saturated carbocycles. The largest absolute Gasteiger partial charge is 0.497 e. The van der Waals surface area contributed by atoms with Gasteiger partial charge in [0.05, 0.1) is 31.1 Å². The number of nitrogens with zero attached hydrogens (tertiary/aromatic N) is 4. The Hall–Kier alpha value is -3.24. The standard InChI is InChI=1S/C22H24N4O3/c1-27-15-29-21-11-20(25-9-3-4-10-25)19-13-24-26(22(19)18(21)12-23)14-16-5-7-17(28-2)8-6-16/h5-8,11,13H,3-4,9-10,14-15H2,1-2H3. The number of hydrogen-bond donors (Lipinski definition) is 0. The van der Waals surface area contributed by atoms with E-state index in [9.17, 15) is 5.26 Å². The molecule has 2 heterocycles. The van der Waals surface area contributed by atoms with Crippen molar-refractivity contribution in [1.29, 1.82) is 5.26 Å². The minimum absolute atomic E-state index is 0.0895. The van der Waals surface area contributed by atoms with E-state index < -0.39 is 0 Å². The van der Waals surface area contributed by atoms with Gasteiger partial charge in [-0.15, -0.1) is 0 Å². The molecule has 29 heavy (non-hydrogen) atoms. The topological polar surface area (TPSA) is 72.5 Å². The van der Waals surface area contributed by atoms with Crippen LogP contribution in [0.2, 0.25) is 0 Å². The minimum atomic E-state index is 0.0895. The normalized spacial score (nSPS) is 13.6. The second-order valence-corrected chi connectivity index (χ2v) is 7.04. The van der Waals surface area contributed by atoms with Gasteiger partial charge in [0, 0.05) is 31.7 Å². The molecule has 7 nitrogen and oxygen atoms in total. The Morgan fingerprint density at radius 1 is 1.14 bits per heavy atom. The average Bonchev–Trinajstić information content (AvgIpc) is 3.43. The highest BCUT2D eigenvalue weighted by molar-refractivity contribution is 5.97. The Labute approximate surface area is 170 Å². The van der Waals surface area contributed by atoms with Gasteiger partial charge in [0.15, 0.2) is 6.79 Å². The number of rotatable bonds is 7. The molecule has 0 radical (unpaired) electrons. The summed E-state index contributed by atoms with van der Waals surface area (Å²) >= 11 is 0. The molecule has 3 aromatic rings. The third-order valence-electron chi connectivity index (χ3n) is 5.25. The molecule has 2 aromatic carbocycles. The van der Waals surface area contributed by atoms with Crippen LogP contribution in [-0.4, -0.2) is 43.9 Å². The summed E-state index contributed by atoms with van der Waals surface area (Å²) in [6.45, 7) is 2.63. The van der Waals surface area contributed by atoms with E-state index in [2.05, 4.69) is 16.1 Å². The number of hydrogen-bond acceptors (Lipinski definition) is 6. The first-order valence-corrected chi connectivity index (χ1v) is 9.67. The van der Waals surface area contributed by atoms with Crippen LogP contribution in [0, 0.1) is 11.3 Å². The van der Waals surface area contributed by atoms with Gasteiger partial charge in [-0.3, -0.25) is 4.68 Å². The summed E-state index contributed by atoms with van der Waals surface area (Å²) in [5.74, 6) is 1.34. The molecule has 0 amide bonds. The zero-order valence-corrected chi connectivity index (χ0v) is 16.7. The highest BCUT2D eigenvalue weighted by Crippen LogP contribution is 2.37. The van der Waals surface area contributed by atoms with Gasteiger partial charge < -0.3 is 19.1 Å². The van der Waals surface area contributed by atoms with Crippen LogP contribution in [0.3, 0.4) is 0 Å². The molecule has 150 valence electrons. The Balaban J connectivity index is 1.82. The van der Waals surface area contributed by atoms with E-state index in [-0.39, 0.29) is 6.79 Å². The summed E-state index contributed by atoms with van der Waals surface area (Å²) in [6.07, 6.45) is 4.18. The van der Waals surface area contributed by atoms with Gasteiger partial charge in [-0.1, -0.05) is 12.1 Å². The van der Waals surface area contributed by atoms with Crippen molar-refractivity contribution in [2.45, 2.75) is 19.4 Å². The molecule has 0 N–H and O–H groups in total. The van der Waals surface area contributed by atoms with Crippen LogP contribution in [0.25, 0.3) is 10.9 Å². The lowest BCUT2D eigenvalue weighted by atomic mass is 10.1. The van der Waals surface area contributed by atoms with E-state index in [1.165, 1.54) is 0 Å². The molecule has 0 spiro atoms. The van der Waals surface area contributed by atoms with E-state index in [0.717, 1.165) is 53.8 Å². The number of aromatic nitrogens is 2. The number of anilines is 1. The molecule has 7 heteroatoms. The summed E-state index contributed by atoms with van der Waals surface area (Å²) in [5, 5.41) is 15.5. The molecule has 0 atom stereocenters. The Bertz CT molecular complexity index is 1030. The number of fused-ring (bicyclic) bond motifs is 1. The fourth-order valence-corrected chi connectivity index (χ4v) is 3.82. The molecular weight excluding hydrogens is 368 g/mol. The van der Waals surface area contributed by atoms with Crippen LogP contribution in [0.4, 0.5) is 5.69 Å². The second kappa shape index (κ2) is 8.41. The first-order chi connectivity index (χ1) is 14.2. The van der Waals surface area contributed by atoms with Crippen molar-refractivity contribution in [2.75, 3.05) is 39.0 Å². The lowest BCUT2D eigenvalue weighted by molar-refractivity contribution is 0.0510. The predicted molar refractivity (Wildman–Crippen MR) is 110 cm³/mol. The fraction of sp³-hybridized carbons (Fsp3) is 0.364. The molecule has 0 unspecified atom stereocenters. The van der Waals surface area contributed by atoms with E-state index >= 15 is 0 Å². The van der Waals surface area contributed by atoms with Gasteiger partial charge in [0.25, 0.3) is 0 Å². The van der Waals surface area contributed by atoms with Gasteiger partial charge in [-0.05, 0) is 30.5 Å². The molecule has 1 saturated heterocycles. The van der Waals surface area contributed by atoms with Gasteiger partial charge in [-0.2, -0.15) is 10.4 Å². The smallest absolute Gasteiger partial charge is 0.188 e. The number of ether oxygens (including phenoxy) is 3. The molecule has 1 aliphatic heterocycles. The van der Waals surface area contributed by atoms with E-state index in [4.69, 9.17) is 14.2 Å². The summed E-state index contributed by atoms with van der Waals surface area (Å²) in [6, 6.07) is 12.1. The third kappa shape index (κ3) is 3.71. The molecule has 0 bridgehead atoms. The number of benzene rings is 2. The lowest BCUT2D eigenvalue weighted by Gasteiger charge is -2.21. The maximum Gasteiger partial charge on any atom is 0.188 e. The van der Waals surface area contributed by atoms with E-state index in [1.807, 2.05) is 41.2 Å². The lowest BCUT2D eigenvalue weighted by Crippen LogP contribution is -2.18. The minimum Gasteiger partial charge on any atom is -0.497 e. The Kier molecular flexibility index (Phi) is 5.54. The van der Waals surface area contributed by atoms with Gasteiger partial charge in [-0.25, -0.2) is 0 Å². The van der Waals surface area contributed by atoms with Crippen molar-refractivity contribution >= 4 is 16.6 Å². The van der Waals surface area contributed by atoms with Crippen molar-refractivity contribution < 1.29 is 14.2 Å². The summed E-state index contributed by atoms with van der Waals surface area (Å²) in [4.78, 5) is 2.34. The van der Waals surface area contributed by atoms with Crippen LogP contribution < -0.4 is 14.4 Å². The SMILES string of the molecule is COCOc1cc(N2CCCC2)c2cnn(Cc3ccc(OC)cc3)c2c1C#N. The molecule has 1 aliphatic rings. The highest BCUT2D eigenvalue weighted by Gasteiger charge is 2.23. The van der Waals surface area contributed by atoms with E-state index in [0.29, 0.717) is 17.9 Å². The number of methoxy groups -OCH3 is 2. The first-order valence-electron chi connectivity index (χ1n) is 9.67. The van der Waals surface area contributed by atoms with Crippen LogP contribution in [0.5, 0.6) is 11.5 Å². The Morgan fingerprint density at radius 3 is 2.55 bits per heavy atom. The maximum atomic E-state index is 9.91. The molecule has 1 fully saturated rings. The van der Waals surface area contributed by atoms with Crippen molar-refractivity contribution in [3.63, 3.8) is 0 Å². The summed E-state index contributed by atoms with van der Waals surface area (Å²) in [7, 11) is 3.22. The first kappa shape index (κ1) is 19.1. The Morgan fingerprint density at radius 2 is 1.90 bits per heavy atom. The summed E-state index contributed by atoms with van der Waals surface area (Å²) in [5.41, 5.74) is 3.40. The zero-order valence-electron chi connectivity index (χ0n) is 16.7. The maximum absolute atomic E-state index is 9.91. The van der Waals surface area contributed by atoms with Crippen LogP contribution >= 0.6 is 0 Å². The van der Waals surface area contributed by atoms with Gasteiger partial charge in [0.2, 0.25) is 0 Å². The van der Waals surface area contributed by atoms with Gasteiger partial charge >= 0.3 is 0 Å². The third-order valence-corrected chi connectivity index (χ3v) is 5.25. The number of nitriles is 1. The molecular formula is C22H24N4O3. The van der Waals surface area contributed by atoms with E-state index in [1.54, 1.807) is 14.2 Å². The fourth-order valence-electron chi connectivity index (χ4n) is 3.82. The predicted octanol–water partition coefficient (Wildman–Crippen LogP) is 3.55. The molecule has 0 aliphatic carbocycles. The van der Waals surface area contributed by atoms with Crippen LogP contribution in [-0.2, 0) is 11.3 Å². The van der Waals surface area contributed by atoms with Gasteiger partial charge in [0.1, 0.15) is 23.1 Å². The average molecular weight is 392 g/mol. The van der Waals surface area contributed by atoms with Crippen molar-refractivity contribution in [3.8, 4) is 17.6 Å². The molecule has 4 rings (SSSR count). The highest BCUT2D eigenvalue weighted by atomic mass is 16.7.